The second kappa shape index (κ2) is 11.2. The predicted octanol–water partition coefficient (Wildman–Crippen LogP) is 4.84. The number of methoxy groups -OCH3 is 1. The van der Waals surface area contributed by atoms with Crippen LogP contribution in [0.3, 0.4) is 0 Å². The molecule has 1 atom stereocenters. The number of nitrogens with zero attached hydrogens (tertiary/aromatic N) is 4. The number of piperazine rings is 1. The second-order valence-electron chi connectivity index (χ2n) is 9.29. The molecule has 2 aliphatic heterocycles. The molecule has 0 aliphatic carbocycles. The largest absolute Gasteiger partial charge is 0.496 e. The molecule has 3 aromatic rings. The Kier molecular flexibility index (Phi) is 7.66. The van der Waals surface area contributed by atoms with Crippen LogP contribution >= 0.6 is 11.6 Å². The van der Waals surface area contributed by atoms with E-state index in [0.717, 1.165) is 55.3 Å². The molecule has 0 aromatic heterocycles. The lowest BCUT2D eigenvalue weighted by Crippen LogP contribution is -2.49. The van der Waals surface area contributed by atoms with Crippen molar-refractivity contribution < 1.29 is 9.53 Å². The minimum absolute atomic E-state index is 0.0105. The van der Waals surface area contributed by atoms with Gasteiger partial charge in [-0.1, -0.05) is 66.2 Å². The van der Waals surface area contributed by atoms with E-state index in [4.69, 9.17) is 21.4 Å². The highest BCUT2D eigenvalue weighted by atomic mass is 35.5. The number of ether oxygens (including phenoxy) is 1. The van der Waals surface area contributed by atoms with Gasteiger partial charge in [0.05, 0.1) is 25.4 Å². The molecule has 0 bridgehead atoms. The number of amides is 1. The monoisotopic (exact) mass is 502 g/mol. The van der Waals surface area contributed by atoms with Gasteiger partial charge in [-0.3, -0.25) is 14.6 Å². The number of carbonyl (C=O) groups is 1. The van der Waals surface area contributed by atoms with Gasteiger partial charge in [0.15, 0.2) is 0 Å². The second-order valence-corrected chi connectivity index (χ2v) is 9.73. The highest BCUT2D eigenvalue weighted by molar-refractivity contribution is 6.30. The van der Waals surface area contributed by atoms with Crippen molar-refractivity contribution in [2.24, 2.45) is 5.10 Å². The van der Waals surface area contributed by atoms with E-state index in [2.05, 4.69) is 34.1 Å². The molecule has 3 aromatic carbocycles. The fourth-order valence-electron chi connectivity index (χ4n) is 4.94. The number of hydrogen-bond donors (Lipinski definition) is 0. The fraction of sp³-hybridized carbons (Fsp3) is 0.310. The van der Waals surface area contributed by atoms with E-state index in [1.165, 1.54) is 5.56 Å². The maximum Gasteiger partial charge on any atom is 0.257 e. The summed E-state index contributed by atoms with van der Waals surface area (Å²) >= 11 is 6.14. The zero-order valence-corrected chi connectivity index (χ0v) is 21.3. The molecule has 0 saturated carbocycles. The third-order valence-electron chi connectivity index (χ3n) is 6.91. The average Bonchev–Trinajstić information content (AvgIpc) is 3.36. The van der Waals surface area contributed by atoms with Crippen molar-refractivity contribution >= 4 is 23.2 Å². The third-order valence-corrected chi connectivity index (χ3v) is 7.16. The number of halogens is 1. The van der Waals surface area contributed by atoms with Crippen molar-refractivity contribution in [1.82, 2.24) is 14.8 Å². The molecule has 186 valence electrons. The molecule has 0 radical (unpaired) electrons. The number of hydrazone groups is 1. The maximum atomic E-state index is 13.6. The molecular weight excluding hydrogens is 472 g/mol. The van der Waals surface area contributed by atoms with Gasteiger partial charge in [-0.2, -0.15) is 5.10 Å². The molecule has 0 spiro atoms. The van der Waals surface area contributed by atoms with Gasteiger partial charge >= 0.3 is 0 Å². The first-order chi connectivity index (χ1) is 17.6. The molecule has 2 heterocycles. The minimum Gasteiger partial charge on any atom is -0.496 e. The number of carbonyl (C=O) groups excluding carboxylic acids is 1. The lowest BCUT2D eigenvalue weighted by molar-refractivity contribution is -0.134. The number of hydrogen-bond acceptors (Lipinski definition) is 5. The molecule has 1 saturated heterocycles. The van der Waals surface area contributed by atoms with Crippen LogP contribution < -0.4 is 4.74 Å². The molecular formula is C29H31ClN4O2. The van der Waals surface area contributed by atoms with E-state index in [1.54, 1.807) is 12.1 Å². The van der Waals surface area contributed by atoms with Crippen LogP contribution in [-0.4, -0.2) is 66.3 Å². The van der Waals surface area contributed by atoms with Crippen LogP contribution in [0.1, 0.15) is 29.2 Å². The van der Waals surface area contributed by atoms with Gasteiger partial charge in [0.1, 0.15) is 5.75 Å². The molecule has 1 amide bonds. The van der Waals surface area contributed by atoms with E-state index in [9.17, 15) is 4.79 Å². The van der Waals surface area contributed by atoms with Crippen LogP contribution in [0.2, 0.25) is 5.02 Å². The standard InChI is InChI=1S/C29H31ClN4O2/c1-36-28-10-6-5-9-25(28)26-19-27(23-11-13-24(30)14-12-23)34(31-26)29(35)21-33-17-15-32(16-18-33)20-22-7-3-2-4-8-22/h2-14,27H,15-21H2,1H3/t27-/m1/s1. The van der Waals surface area contributed by atoms with Crippen molar-refractivity contribution in [2.75, 3.05) is 39.8 Å². The van der Waals surface area contributed by atoms with E-state index in [1.807, 2.05) is 54.6 Å². The Morgan fingerprint density at radius 3 is 2.31 bits per heavy atom. The van der Waals surface area contributed by atoms with Gasteiger partial charge in [0, 0.05) is 49.7 Å². The van der Waals surface area contributed by atoms with Crippen LogP contribution in [0.4, 0.5) is 0 Å². The van der Waals surface area contributed by atoms with Crippen molar-refractivity contribution in [3.05, 3.63) is 101 Å². The van der Waals surface area contributed by atoms with Gasteiger partial charge in [0.25, 0.3) is 5.91 Å². The van der Waals surface area contributed by atoms with Crippen LogP contribution in [-0.2, 0) is 11.3 Å². The van der Waals surface area contributed by atoms with Crippen LogP contribution in [0.25, 0.3) is 0 Å². The first-order valence-electron chi connectivity index (χ1n) is 12.4. The third kappa shape index (κ3) is 5.62. The van der Waals surface area contributed by atoms with E-state index >= 15 is 0 Å². The highest BCUT2D eigenvalue weighted by Crippen LogP contribution is 2.35. The molecule has 5 rings (SSSR count). The Labute approximate surface area is 217 Å². The first-order valence-corrected chi connectivity index (χ1v) is 12.8. The Morgan fingerprint density at radius 1 is 0.917 bits per heavy atom. The summed E-state index contributed by atoms with van der Waals surface area (Å²) in [6.07, 6.45) is 0.624. The summed E-state index contributed by atoms with van der Waals surface area (Å²) in [5, 5.41) is 7.18. The summed E-state index contributed by atoms with van der Waals surface area (Å²) in [5.41, 5.74) is 4.12. The summed E-state index contributed by atoms with van der Waals surface area (Å²) in [6, 6.07) is 25.9. The Bertz CT molecular complexity index is 1210. The van der Waals surface area contributed by atoms with Crippen molar-refractivity contribution in [3.8, 4) is 5.75 Å². The van der Waals surface area contributed by atoms with E-state index in [0.29, 0.717) is 18.0 Å². The normalized spacial score (nSPS) is 18.8. The highest BCUT2D eigenvalue weighted by Gasteiger charge is 2.35. The molecule has 36 heavy (non-hydrogen) atoms. The quantitative estimate of drug-likeness (QED) is 0.463. The van der Waals surface area contributed by atoms with Crippen molar-refractivity contribution in [2.45, 2.75) is 19.0 Å². The zero-order chi connectivity index (χ0) is 24.9. The Hall–Kier alpha value is -3.19. The molecule has 7 heteroatoms. The Balaban J connectivity index is 1.29. The van der Waals surface area contributed by atoms with Gasteiger partial charge in [-0.15, -0.1) is 0 Å². The number of benzene rings is 3. The van der Waals surface area contributed by atoms with Crippen LogP contribution in [0, 0.1) is 0 Å². The van der Waals surface area contributed by atoms with E-state index < -0.39 is 0 Å². The van der Waals surface area contributed by atoms with Gasteiger partial charge in [0.2, 0.25) is 0 Å². The summed E-state index contributed by atoms with van der Waals surface area (Å²) < 4.78 is 5.57. The van der Waals surface area contributed by atoms with Crippen molar-refractivity contribution in [1.29, 1.82) is 0 Å². The first kappa shape index (κ1) is 24.5. The number of para-hydroxylation sites is 1. The minimum atomic E-state index is -0.172. The average molecular weight is 503 g/mol. The van der Waals surface area contributed by atoms with Gasteiger partial charge < -0.3 is 4.74 Å². The molecule has 0 unspecified atom stereocenters. The summed E-state index contributed by atoms with van der Waals surface area (Å²) in [7, 11) is 1.66. The van der Waals surface area contributed by atoms with Crippen molar-refractivity contribution in [3.63, 3.8) is 0 Å². The Morgan fingerprint density at radius 2 is 1.58 bits per heavy atom. The maximum absolute atomic E-state index is 13.6. The number of rotatable bonds is 7. The smallest absolute Gasteiger partial charge is 0.257 e. The zero-order valence-electron chi connectivity index (χ0n) is 20.5. The SMILES string of the molecule is COc1ccccc1C1=NN(C(=O)CN2CCN(Cc3ccccc3)CC2)[C@@H](c2ccc(Cl)cc2)C1. The van der Waals surface area contributed by atoms with E-state index in [-0.39, 0.29) is 11.9 Å². The van der Waals surface area contributed by atoms with Crippen LogP contribution in [0.5, 0.6) is 5.75 Å². The summed E-state index contributed by atoms with van der Waals surface area (Å²) in [6.45, 7) is 4.91. The molecule has 1 fully saturated rings. The predicted molar refractivity (Wildman–Crippen MR) is 143 cm³/mol. The molecule has 6 nitrogen and oxygen atoms in total. The van der Waals surface area contributed by atoms with Crippen LogP contribution in [0.15, 0.2) is 84.0 Å². The molecule has 0 N–H and O–H groups in total. The summed E-state index contributed by atoms with van der Waals surface area (Å²) in [4.78, 5) is 18.3. The lowest BCUT2D eigenvalue weighted by Gasteiger charge is -2.35. The van der Waals surface area contributed by atoms with Gasteiger partial charge in [-0.05, 0) is 35.4 Å². The lowest BCUT2D eigenvalue weighted by atomic mass is 9.98. The fourth-order valence-corrected chi connectivity index (χ4v) is 5.07. The summed E-state index contributed by atoms with van der Waals surface area (Å²) in [5.74, 6) is 0.770. The molecule has 2 aliphatic rings. The van der Waals surface area contributed by atoms with Gasteiger partial charge in [-0.25, -0.2) is 5.01 Å². The topological polar surface area (TPSA) is 48.4 Å².